The highest BCUT2D eigenvalue weighted by atomic mass is 16.5. The highest BCUT2D eigenvalue weighted by molar-refractivity contribution is 5.94. The van der Waals surface area contributed by atoms with E-state index in [0.29, 0.717) is 6.61 Å². The van der Waals surface area contributed by atoms with Crippen LogP contribution in [0.25, 0.3) is 6.08 Å². The standard InChI is InChI=1S/C14H21N3O3/c1-6-20-14(19)10(3)15-13(18)8-7-12-9(2)16-17(5)11(12)4/h7-8,10H,6H2,1-5H3,(H,15,18). The van der Waals surface area contributed by atoms with E-state index < -0.39 is 12.0 Å². The van der Waals surface area contributed by atoms with E-state index in [-0.39, 0.29) is 5.91 Å². The van der Waals surface area contributed by atoms with Gasteiger partial charge < -0.3 is 10.1 Å². The summed E-state index contributed by atoms with van der Waals surface area (Å²) < 4.78 is 6.58. The Morgan fingerprint density at radius 1 is 1.45 bits per heavy atom. The summed E-state index contributed by atoms with van der Waals surface area (Å²) in [6.45, 7) is 7.41. The zero-order valence-electron chi connectivity index (χ0n) is 12.6. The number of esters is 1. The Bertz CT molecular complexity index is 532. The molecule has 1 amide bonds. The maximum absolute atomic E-state index is 11.7. The molecule has 0 spiro atoms. The molecule has 1 aromatic rings. The molecule has 0 aromatic carbocycles. The summed E-state index contributed by atoms with van der Waals surface area (Å²) in [6.07, 6.45) is 3.09. The Labute approximate surface area is 118 Å². The Balaban J connectivity index is 2.66. The summed E-state index contributed by atoms with van der Waals surface area (Å²) in [7, 11) is 1.85. The minimum Gasteiger partial charge on any atom is -0.464 e. The largest absolute Gasteiger partial charge is 0.464 e. The van der Waals surface area contributed by atoms with Crippen LogP contribution in [0.15, 0.2) is 6.08 Å². The quantitative estimate of drug-likeness (QED) is 0.647. The second-order valence-corrected chi connectivity index (χ2v) is 4.52. The molecule has 0 bridgehead atoms. The molecule has 0 radical (unpaired) electrons. The van der Waals surface area contributed by atoms with E-state index in [1.165, 1.54) is 6.08 Å². The highest BCUT2D eigenvalue weighted by Crippen LogP contribution is 2.13. The van der Waals surface area contributed by atoms with Crippen molar-refractivity contribution in [3.63, 3.8) is 0 Å². The molecular weight excluding hydrogens is 258 g/mol. The monoisotopic (exact) mass is 279 g/mol. The van der Waals surface area contributed by atoms with Crippen LogP contribution in [0.2, 0.25) is 0 Å². The molecule has 1 aromatic heterocycles. The molecule has 1 rings (SSSR count). The van der Waals surface area contributed by atoms with Crippen molar-refractivity contribution < 1.29 is 14.3 Å². The minimum atomic E-state index is -0.664. The molecule has 110 valence electrons. The first-order chi connectivity index (χ1) is 9.36. The van der Waals surface area contributed by atoms with E-state index in [1.54, 1.807) is 24.6 Å². The molecule has 0 saturated carbocycles. The van der Waals surface area contributed by atoms with Crippen LogP contribution in [-0.2, 0) is 21.4 Å². The number of hydrogen-bond donors (Lipinski definition) is 1. The van der Waals surface area contributed by atoms with Crippen molar-refractivity contribution in [3.8, 4) is 0 Å². The zero-order chi connectivity index (χ0) is 15.3. The molecule has 1 heterocycles. The molecule has 1 N–H and O–H groups in total. The lowest BCUT2D eigenvalue weighted by atomic mass is 10.2. The topological polar surface area (TPSA) is 73.2 Å². The maximum atomic E-state index is 11.7. The van der Waals surface area contributed by atoms with Gasteiger partial charge in [0.25, 0.3) is 0 Å². The SMILES string of the molecule is CCOC(=O)C(C)NC(=O)C=Cc1c(C)nn(C)c1C. The van der Waals surface area contributed by atoms with Gasteiger partial charge in [0.05, 0.1) is 12.3 Å². The van der Waals surface area contributed by atoms with E-state index in [0.717, 1.165) is 17.0 Å². The van der Waals surface area contributed by atoms with Crippen LogP contribution >= 0.6 is 0 Å². The fourth-order valence-corrected chi connectivity index (χ4v) is 1.78. The Morgan fingerprint density at radius 3 is 2.60 bits per heavy atom. The molecule has 0 fully saturated rings. The predicted molar refractivity (Wildman–Crippen MR) is 76.0 cm³/mol. The van der Waals surface area contributed by atoms with Gasteiger partial charge in [-0.1, -0.05) is 0 Å². The fourth-order valence-electron chi connectivity index (χ4n) is 1.78. The molecule has 0 aliphatic heterocycles. The van der Waals surface area contributed by atoms with Crippen LogP contribution in [0.4, 0.5) is 0 Å². The number of ether oxygens (including phenoxy) is 1. The van der Waals surface area contributed by atoms with E-state index in [4.69, 9.17) is 4.74 Å². The second kappa shape index (κ2) is 6.88. The molecule has 6 nitrogen and oxygen atoms in total. The van der Waals surface area contributed by atoms with E-state index in [9.17, 15) is 9.59 Å². The summed E-state index contributed by atoms with van der Waals surface area (Å²) in [5.41, 5.74) is 2.74. The number of aryl methyl sites for hydroxylation is 2. The third-order valence-corrected chi connectivity index (χ3v) is 2.97. The Morgan fingerprint density at radius 2 is 2.10 bits per heavy atom. The van der Waals surface area contributed by atoms with Crippen molar-refractivity contribution in [1.29, 1.82) is 0 Å². The number of hydrogen-bond acceptors (Lipinski definition) is 4. The highest BCUT2D eigenvalue weighted by Gasteiger charge is 2.15. The van der Waals surface area contributed by atoms with Gasteiger partial charge in [-0.05, 0) is 33.8 Å². The number of aromatic nitrogens is 2. The van der Waals surface area contributed by atoms with Crippen LogP contribution in [-0.4, -0.2) is 34.3 Å². The van der Waals surface area contributed by atoms with Gasteiger partial charge in [0.15, 0.2) is 0 Å². The van der Waals surface area contributed by atoms with Crippen molar-refractivity contribution in [3.05, 3.63) is 23.0 Å². The third-order valence-electron chi connectivity index (χ3n) is 2.97. The van der Waals surface area contributed by atoms with Crippen molar-refractivity contribution in [1.82, 2.24) is 15.1 Å². The van der Waals surface area contributed by atoms with E-state index in [2.05, 4.69) is 10.4 Å². The van der Waals surface area contributed by atoms with Gasteiger partial charge in [0.1, 0.15) is 6.04 Å². The molecule has 20 heavy (non-hydrogen) atoms. The zero-order valence-corrected chi connectivity index (χ0v) is 12.6. The molecular formula is C14H21N3O3. The molecule has 0 aliphatic rings. The first-order valence-electron chi connectivity index (χ1n) is 6.52. The number of rotatable bonds is 5. The first-order valence-corrected chi connectivity index (χ1v) is 6.52. The first kappa shape index (κ1) is 15.9. The Hall–Kier alpha value is -2.11. The summed E-state index contributed by atoms with van der Waals surface area (Å²) in [4.78, 5) is 23.1. The van der Waals surface area contributed by atoms with E-state index in [1.807, 2.05) is 20.9 Å². The molecule has 1 atom stereocenters. The number of carbonyl (C=O) groups excluding carboxylic acids is 2. The van der Waals surface area contributed by atoms with Gasteiger partial charge >= 0.3 is 5.97 Å². The van der Waals surface area contributed by atoms with Crippen molar-refractivity contribution in [2.45, 2.75) is 33.7 Å². The van der Waals surface area contributed by atoms with Crippen molar-refractivity contribution in [2.24, 2.45) is 7.05 Å². The van der Waals surface area contributed by atoms with Gasteiger partial charge in [-0.15, -0.1) is 0 Å². The molecule has 1 unspecified atom stereocenters. The number of carbonyl (C=O) groups is 2. The summed E-state index contributed by atoms with van der Waals surface area (Å²) >= 11 is 0. The van der Waals surface area contributed by atoms with Crippen molar-refractivity contribution >= 4 is 18.0 Å². The summed E-state index contributed by atoms with van der Waals surface area (Å²) in [6, 6.07) is -0.664. The minimum absolute atomic E-state index is 0.295. The Kier molecular flexibility index (Phi) is 5.49. The average molecular weight is 279 g/mol. The van der Waals surface area contributed by atoms with Crippen LogP contribution in [0, 0.1) is 13.8 Å². The van der Waals surface area contributed by atoms with Crippen molar-refractivity contribution in [2.75, 3.05) is 6.61 Å². The average Bonchev–Trinajstić information content (AvgIpc) is 2.61. The summed E-state index contributed by atoms with van der Waals surface area (Å²) in [5.74, 6) is -0.781. The second-order valence-electron chi connectivity index (χ2n) is 4.52. The van der Waals surface area contributed by atoms with Crippen LogP contribution < -0.4 is 5.32 Å². The van der Waals surface area contributed by atoms with Gasteiger partial charge in [-0.25, -0.2) is 4.79 Å². The normalized spacial score (nSPS) is 12.4. The lowest BCUT2D eigenvalue weighted by Gasteiger charge is -2.10. The lowest BCUT2D eigenvalue weighted by molar-refractivity contribution is -0.146. The molecule has 6 heteroatoms. The lowest BCUT2D eigenvalue weighted by Crippen LogP contribution is -2.38. The maximum Gasteiger partial charge on any atom is 0.328 e. The predicted octanol–water partition coefficient (Wildman–Crippen LogP) is 1.12. The van der Waals surface area contributed by atoms with Gasteiger partial charge in [0.2, 0.25) is 5.91 Å². The van der Waals surface area contributed by atoms with Crippen LogP contribution in [0.3, 0.4) is 0 Å². The van der Waals surface area contributed by atoms with Gasteiger partial charge in [-0.3, -0.25) is 9.48 Å². The third kappa shape index (κ3) is 3.94. The smallest absolute Gasteiger partial charge is 0.328 e. The number of nitrogens with zero attached hydrogens (tertiary/aromatic N) is 2. The summed E-state index contributed by atoms with van der Waals surface area (Å²) in [5, 5.41) is 6.81. The van der Waals surface area contributed by atoms with Crippen LogP contribution in [0.1, 0.15) is 30.8 Å². The van der Waals surface area contributed by atoms with Gasteiger partial charge in [0, 0.05) is 24.4 Å². The number of nitrogens with one attached hydrogen (secondary N) is 1. The molecule has 0 aliphatic carbocycles. The van der Waals surface area contributed by atoms with Crippen LogP contribution in [0.5, 0.6) is 0 Å². The van der Waals surface area contributed by atoms with Gasteiger partial charge in [-0.2, -0.15) is 5.10 Å². The molecule has 0 saturated heterocycles. The number of amides is 1. The fraction of sp³-hybridized carbons (Fsp3) is 0.500. The van der Waals surface area contributed by atoms with E-state index >= 15 is 0 Å².